The van der Waals surface area contributed by atoms with Gasteiger partial charge in [-0.3, -0.25) is 9.89 Å². The second-order valence-electron chi connectivity index (χ2n) is 6.80. The van der Waals surface area contributed by atoms with Gasteiger partial charge in [-0.2, -0.15) is 0 Å². The molecule has 0 radical (unpaired) electrons. The summed E-state index contributed by atoms with van der Waals surface area (Å²) in [5.41, 5.74) is 1.17. The van der Waals surface area contributed by atoms with Gasteiger partial charge in [0.1, 0.15) is 0 Å². The van der Waals surface area contributed by atoms with Crippen molar-refractivity contribution in [1.82, 2.24) is 15.5 Å². The van der Waals surface area contributed by atoms with Crippen LogP contribution in [0.4, 0.5) is 0 Å². The Labute approximate surface area is 163 Å². The molecule has 0 aromatic heterocycles. The summed E-state index contributed by atoms with van der Waals surface area (Å²) in [6, 6.07) is 6.59. The molecule has 1 aromatic carbocycles. The van der Waals surface area contributed by atoms with Gasteiger partial charge in [0, 0.05) is 25.7 Å². The van der Waals surface area contributed by atoms with Gasteiger partial charge in [0.05, 0.1) is 40.0 Å². The molecule has 0 amide bonds. The molecule has 0 bridgehead atoms. The summed E-state index contributed by atoms with van der Waals surface area (Å²) in [6.07, 6.45) is 0. The Hall–Kier alpha value is -1.99. The first kappa shape index (κ1) is 21.3. The molecule has 2 rings (SSSR count). The molecule has 7 nitrogen and oxygen atoms in total. The highest BCUT2D eigenvalue weighted by Crippen LogP contribution is 2.32. The van der Waals surface area contributed by atoms with Gasteiger partial charge < -0.3 is 24.8 Å². The van der Waals surface area contributed by atoms with Crippen molar-refractivity contribution in [2.75, 3.05) is 53.6 Å². The van der Waals surface area contributed by atoms with Gasteiger partial charge in [-0.1, -0.05) is 6.07 Å². The van der Waals surface area contributed by atoms with E-state index in [9.17, 15) is 0 Å². The Morgan fingerprint density at radius 3 is 2.48 bits per heavy atom. The number of rotatable bonds is 8. The van der Waals surface area contributed by atoms with Crippen LogP contribution in [0.25, 0.3) is 0 Å². The minimum absolute atomic E-state index is 0.149. The normalized spacial score (nSPS) is 16.9. The molecule has 7 heteroatoms. The first-order valence-corrected chi connectivity index (χ1v) is 9.67. The van der Waals surface area contributed by atoms with Gasteiger partial charge in [0.2, 0.25) is 0 Å². The molecule has 1 fully saturated rings. The molecule has 152 valence electrons. The summed E-state index contributed by atoms with van der Waals surface area (Å²) in [5.74, 6) is 2.32. The highest BCUT2D eigenvalue weighted by atomic mass is 16.5. The number of nitrogens with zero attached hydrogens (tertiary/aromatic N) is 2. The number of hydrogen-bond acceptors (Lipinski definition) is 5. The van der Waals surface area contributed by atoms with Crippen LogP contribution in [-0.2, 0) is 4.74 Å². The van der Waals surface area contributed by atoms with Crippen LogP contribution in [0.5, 0.6) is 11.5 Å². The summed E-state index contributed by atoms with van der Waals surface area (Å²) in [7, 11) is 3.32. The lowest BCUT2D eigenvalue weighted by Gasteiger charge is -2.34. The molecular weight excluding hydrogens is 344 g/mol. The predicted molar refractivity (Wildman–Crippen MR) is 109 cm³/mol. The second kappa shape index (κ2) is 11.0. The highest BCUT2D eigenvalue weighted by molar-refractivity contribution is 5.80. The Morgan fingerprint density at radius 1 is 1.19 bits per heavy atom. The van der Waals surface area contributed by atoms with E-state index in [1.54, 1.807) is 14.2 Å². The average molecular weight is 379 g/mol. The van der Waals surface area contributed by atoms with Crippen molar-refractivity contribution in [3.05, 3.63) is 23.8 Å². The fourth-order valence-electron chi connectivity index (χ4n) is 3.15. The maximum Gasteiger partial charge on any atom is 0.191 e. The molecule has 1 atom stereocenters. The van der Waals surface area contributed by atoms with Crippen LogP contribution in [-0.4, -0.2) is 70.5 Å². The second-order valence-corrected chi connectivity index (χ2v) is 6.80. The molecule has 0 aliphatic carbocycles. The number of hydrogen-bond donors (Lipinski definition) is 2. The third-order valence-electron chi connectivity index (χ3n) is 4.47. The topological polar surface area (TPSA) is 67.4 Å². The van der Waals surface area contributed by atoms with Crippen LogP contribution in [0.15, 0.2) is 23.2 Å². The fraction of sp³-hybridized carbons (Fsp3) is 0.650. The molecule has 1 aromatic rings. The predicted octanol–water partition coefficient (Wildman–Crippen LogP) is 2.04. The monoisotopic (exact) mass is 378 g/mol. The quantitative estimate of drug-likeness (QED) is 0.533. The van der Waals surface area contributed by atoms with Crippen LogP contribution >= 0.6 is 0 Å². The zero-order valence-corrected chi connectivity index (χ0v) is 17.2. The lowest BCUT2D eigenvalue weighted by atomic mass is 10.0. The van der Waals surface area contributed by atoms with Crippen molar-refractivity contribution in [2.45, 2.75) is 32.9 Å². The van der Waals surface area contributed by atoms with Crippen LogP contribution < -0.4 is 20.1 Å². The summed E-state index contributed by atoms with van der Waals surface area (Å²) < 4.78 is 16.4. The Balaban J connectivity index is 2.28. The molecule has 1 aliphatic heterocycles. The van der Waals surface area contributed by atoms with E-state index in [4.69, 9.17) is 19.2 Å². The molecule has 1 saturated heterocycles. The Bertz CT molecular complexity index is 601. The largest absolute Gasteiger partial charge is 0.493 e. The lowest BCUT2D eigenvalue weighted by molar-refractivity contribution is 0.0179. The molecule has 27 heavy (non-hydrogen) atoms. The van der Waals surface area contributed by atoms with Gasteiger partial charge in [-0.05, 0) is 38.5 Å². The number of morpholine rings is 1. The van der Waals surface area contributed by atoms with Crippen LogP contribution in [0.3, 0.4) is 0 Å². The van der Waals surface area contributed by atoms with Gasteiger partial charge in [0.25, 0.3) is 0 Å². The van der Waals surface area contributed by atoms with Gasteiger partial charge in [-0.15, -0.1) is 0 Å². The minimum Gasteiger partial charge on any atom is -0.493 e. The maximum atomic E-state index is 5.54. The first-order chi connectivity index (χ1) is 13.1. The number of methoxy groups -OCH3 is 2. The van der Waals surface area contributed by atoms with Gasteiger partial charge in [0.15, 0.2) is 17.5 Å². The number of nitrogens with one attached hydrogen (secondary N) is 2. The van der Waals surface area contributed by atoms with Crippen molar-refractivity contribution in [3.63, 3.8) is 0 Å². The summed E-state index contributed by atoms with van der Waals surface area (Å²) in [5, 5.41) is 6.70. The zero-order chi connectivity index (χ0) is 19.6. The molecular formula is C20H34N4O3. The number of guanidine groups is 1. The van der Waals surface area contributed by atoms with Crippen LogP contribution in [0.2, 0.25) is 0 Å². The van der Waals surface area contributed by atoms with E-state index in [0.29, 0.717) is 12.6 Å². The molecule has 1 aliphatic rings. The van der Waals surface area contributed by atoms with Crippen molar-refractivity contribution < 1.29 is 14.2 Å². The zero-order valence-electron chi connectivity index (χ0n) is 17.2. The molecule has 0 saturated carbocycles. The minimum atomic E-state index is 0.149. The summed E-state index contributed by atoms with van der Waals surface area (Å²) in [6.45, 7) is 11.1. The Kier molecular flexibility index (Phi) is 8.67. The van der Waals surface area contributed by atoms with E-state index in [-0.39, 0.29) is 6.04 Å². The highest BCUT2D eigenvalue weighted by Gasteiger charge is 2.24. The smallest absolute Gasteiger partial charge is 0.191 e. The van der Waals surface area contributed by atoms with E-state index < -0.39 is 0 Å². The van der Waals surface area contributed by atoms with Crippen LogP contribution in [0.1, 0.15) is 32.4 Å². The number of benzene rings is 1. The number of ether oxygens (including phenoxy) is 3. The van der Waals surface area contributed by atoms with Gasteiger partial charge in [-0.25, -0.2) is 0 Å². The van der Waals surface area contributed by atoms with Crippen molar-refractivity contribution in [2.24, 2.45) is 4.99 Å². The first-order valence-electron chi connectivity index (χ1n) is 9.67. The summed E-state index contributed by atoms with van der Waals surface area (Å²) >= 11 is 0. The third-order valence-corrected chi connectivity index (χ3v) is 4.47. The van der Waals surface area contributed by atoms with E-state index in [2.05, 4.69) is 48.4 Å². The maximum absolute atomic E-state index is 5.54. The molecule has 0 spiro atoms. The lowest BCUT2D eigenvalue weighted by Crippen LogP contribution is -2.43. The standard InChI is InChI=1S/C20H34N4O3/c1-6-21-20(23-15(2)3)22-14-17(24-9-11-27-12-10-24)16-7-8-18(25-4)19(13-16)26-5/h7-8,13,15,17H,6,9-12,14H2,1-5H3,(H2,21,22,23). The molecule has 1 heterocycles. The van der Waals surface area contributed by atoms with E-state index in [1.165, 1.54) is 5.56 Å². The van der Waals surface area contributed by atoms with Crippen molar-refractivity contribution in [3.8, 4) is 11.5 Å². The average Bonchev–Trinajstić information content (AvgIpc) is 2.68. The molecule has 2 N–H and O–H groups in total. The van der Waals surface area contributed by atoms with Gasteiger partial charge >= 0.3 is 0 Å². The van der Waals surface area contributed by atoms with Crippen molar-refractivity contribution in [1.29, 1.82) is 0 Å². The SMILES string of the molecule is CCNC(=NCC(c1ccc(OC)c(OC)c1)N1CCOCC1)NC(C)C. The van der Waals surface area contributed by atoms with Crippen LogP contribution in [0, 0.1) is 0 Å². The third kappa shape index (κ3) is 6.29. The van der Waals surface area contributed by atoms with E-state index in [0.717, 1.165) is 50.3 Å². The number of aliphatic imine (C=N–C) groups is 1. The fourth-order valence-corrected chi connectivity index (χ4v) is 3.15. The van der Waals surface area contributed by atoms with E-state index >= 15 is 0 Å². The Morgan fingerprint density at radius 2 is 1.89 bits per heavy atom. The summed E-state index contributed by atoms with van der Waals surface area (Å²) in [4.78, 5) is 7.27. The van der Waals surface area contributed by atoms with Crippen molar-refractivity contribution >= 4 is 5.96 Å². The molecule has 1 unspecified atom stereocenters. The van der Waals surface area contributed by atoms with E-state index in [1.807, 2.05) is 6.07 Å².